The Hall–Kier alpha value is -1.35. The third-order valence-electron chi connectivity index (χ3n) is 3.16. The lowest BCUT2D eigenvalue weighted by molar-refractivity contribution is 0.674. The molecule has 0 radical (unpaired) electrons. The molecule has 0 aliphatic heterocycles. The van der Waals surface area contributed by atoms with Gasteiger partial charge in [0.25, 0.3) is 0 Å². The van der Waals surface area contributed by atoms with E-state index in [1.165, 1.54) is 24.1 Å². The summed E-state index contributed by atoms with van der Waals surface area (Å²) < 4.78 is 0. The highest BCUT2D eigenvalue weighted by atomic mass is 15.1. The van der Waals surface area contributed by atoms with Crippen LogP contribution in [0.25, 0.3) is 0 Å². The summed E-state index contributed by atoms with van der Waals surface area (Å²) >= 11 is 0. The minimum Gasteiger partial charge on any atom is -0.368 e. The van der Waals surface area contributed by atoms with Crippen LogP contribution in [-0.4, -0.2) is 24.1 Å². The Morgan fingerprint density at radius 3 is 2.94 bits per heavy atom. The second kappa shape index (κ2) is 6.01. The molecule has 2 rings (SSSR count). The second-order valence-electron chi connectivity index (χ2n) is 5.13. The molecule has 0 spiro atoms. The monoisotopic (exact) mass is 245 g/mol. The van der Waals surface area contributed by atoms with Crippen LogP contribution in [0, 0.1) is 0 Å². The number of nitrogens with zero attached hydrogens (tertiary/aromatic N) is 2. The predicted molar refractivity (Wildman–Crippen MR) is 76.8 cm³/mol. The van der Waals surface area contributed by atoms with Crippen molar-refractivity contribution in [3.8, 4) is 0 Å². The zero-order valence-electron chi connectivity index (χ0n) is 11.4. The van der Waals surface area contributed by atoms with E-state index in [-0.39, 0.29) is 0 Å². The van der Waals surface area contributed by atoms with Crippen molar-refractivity contribution in [3.63, 3.8) is 0 Å². The Morgan fingerprint density at radius 2 is 2.33 bits per heavy atom. The van der Waals surface area contributed by atoms with E-state index >= 15 is 0 Å². The molecule has 1 aromatic rings. The average molecular weight is 245 g/mol. The highest BCUT2D eigenvalue weighted by Gasteiger charge is 2.20. The Morgan fingerprint density at radius 1 is 1.56 bits per heavy atom. The lowest BCUT2D eigenvalue weighted by atomic mass is 10.2. The van der Waals surface area contributed by atoms with E-state index in [2.05, 4.69) is 47.8 Å². The van der Waals surface area contributed by atoms with Gasteiger partial charge in [-0.25, -0.2) is 0 Å². The first-order valence-electron chi connectivity index (χ1n) is 6.76. The van der Waals surface area contributed by atoms with Gasteiger partial charge in [0.1, 0.15) is 0 Å². The number of pyridine rings is 1. The van der Waals surface area contributed by atoms with E-state index in [1.54, 1.807) is 0 Å². The van der Waals surface area contributed by atoms with Crippen LogP contribution in [0.2, 0.25) is 0 Å². The number of likely N-dealkylation sites (N-methyl/N-ethyl adjacent to an activating group) is 1. The smallest absolute Gasteiger partial charge is 0.0562 e. The van der Waals surface area contributed by atoms with Gasteiger partial charge in [-0.1, -0.05) is 12.2 Å². The molecule has 18 heavy (non-hydrogen) atoms. The van der Waals surface area contributed by atoms with Gasteiger partial charge in [0.05, 0.1) is 5.69 Å². The van der Waals surface area contributed by atoms with Crippen molar-refractivity contribution in [2.45, 2.75) is 39.3 Å². The summed E-state index contributed by atoms with van der Waals surface area (Å²) in [6, 6.07) is 4.99. The van der Waals surface area contributed by atoms with Crippen molar-refractivity contribution in [2.24, 2.45) is 0 Å². The van der Waals surface area contributed by atoms with Crippen LogP contribution >= 0.6 is 0 Å². The molecule has 1 aromatic heterocycles. The van der Waals surface area contributed by atoms with Gasteiger partial charge in [-0.15, -0.1) is 0 Å². The van der Waals surface area contributed by atoms with Gasteiger partial charge in [0.2, 0.25) is 0 Å². The number of hydrogen-bond donors (Lipinski definition) is 1. The molecule has 1 aliphatic rings. The van der Waals surface area contributed by atoms with E-state index in [9.17, 15) is 0 Å². The molecular formula is C15H23N3. The third-order valence-corrected chi connectivity index (χ3v) is 3.16. The fraction of sp³-hybridized carbons (Fsp3) is 0.533. The normalized spacial score (nSPS) is 14.6. The highest BCUT2D eigenvalue weighted by Crippen LogP contribution is 2.20. The standard InChI is InChI=1S/C15H23N3/c1-4-18(11-12(2)3)15-7-8-16-14(9-15)10-17-13-5-6-13/h7-9,13,17H,2,4-6,10-11H2,1,3H3. The number of hydrogen-bond acceptors (Lipinski definition) is 3. The van der Waals surface area contributed by atoms with Crippen molar-refractivity contribution in [1.29, 1.82) is 0 Å². The minimum atomic E-state index is 0.730. The van der Waals surface area contributed by atoms with Crippen LogP contribution in [0.1, 0.15) is 32.4 Å². The number of nitrogens with one attached hydrogen (secondary N) is 1. The number of aromatic nitrogens is 1. The summed E-state index contributed by atoms with van der Waals surface area (Å²) in [6.45, 7) is 11.0. The summed E-state index contributed by atoms with van der Waals surface area (Å²) in [5.41, 5.74) is 3.55. The summed E-state index contributed by atoms with van der Waals surface area (Å²) in [4.78, 5) is 6.75. The number of anilines is 1. The highest BCUT2D eigenvalue weighted by molar-refractivity contribution is 5.47. The first-order chi connectivity index (χ1) is 8.69. The van der Waals surface area contributed by atoms with Crippen molar-refractivity contribution in [2.75, 3.05) is 18.0 Å². The first-order valence-corrected chi connectivity index (χ1v) is 6.76. The zero-order valence-corrected chi connectivity index (χ0v) is 11.4. The molecule has 0 aromatic carbocycles. The summed E-state index contributed by atoms with van der Waals surface area (Å²) in [5.74, 6) is 0. The molecule has 1 aliphatic carbocycles. The van der Waals surface area contributed by atoms with E-state index in [1.807, 2.05) is 6.20 Å². The van der Waals surface area contributed by atoms with Gasteiger partial charge in [0, 0.05) is 37.6 Å². The molecule has 1 fully saturated rings. The SMILES string of the molecule is C=C(C)CN(CC)c1ccnc(CNC2CC2)c1. The van der Waals surface area contributed by atoms with Gasteiger partial charge in [-0.3, -0.25) is 4.98 Å². The molecular weight excluding hydrogens is 222 g/mol. The quantitative estimate of drug-likeness (QED) is 0.749. The fourth-order valence-corrected chi connectivity index (χ4v) is 2.01. The van der Waals surface area contributed by atoms with Gasteiger partial charge in [-0.05, 0) is 38.8 Å². The molecule has 1 N–H and O–H groups in total. The van der Waals surface area contributed by atoms with Crippen molar-refractivity contribution >= 4 is 5.69 Å². The predicted octanol–water partition coefficient (Wildman–Crippen LogP) is 2.74. The molecule has 0 amide bonds. The molecule has 3 heteroatoms. The molecule has 98 valence electrons. The lowest BCUT2D eigenvalue weighted by Gasteiger charge is -2.23. The first kappa shape index (κ1) is 13.1. The van der Waals surface area contributed by atoms with Gasteiger partial charge in [-0.2, -0.15) is 0 Å². The Kier molecular flexibility index (Phi) is 4.37. The second-order valence-corrected chi connectivity index (χ2v) is 5.13. The maximum Gasteiger partial charge on any atom is 0.0562 e. The maximum absolute atomic E-state index is 4.42. The summed E-state index contributed by atoms with van der Waals surface area (Å²) in [7, 11) is 0. The zero-order chi connectivity index (χ0) is 13.0. The van der Waals surface area contributed by atoms with E-state index in [0.717, 1.165) is 31.4 Å². The van der Waals surface area contributed by atoms with Crippen LogP contribution in [0.15, 0.2) is 30.5 Å². The minimum absolute atomic E-state index is 0.730. The molecule has 0 atom stereocenters. The Labute approximate surface area is 110 Å². The summed E-state index contributed by atoms with van der Waals surface area (Å²) in [5, 5.41) is 3.50. The van der Waals surface area contributed by atoms with Crippen molar-refractivity contribution in [3.05, 3.63) is 36.2 Å². The largest absolute Gasteiger partial charge is 0.368 e. The van der Waals surface area contributed by atoms with E-state index in [0.29, 0.717) is 0 Å². The van der Waals surface area contributed by atoms with Crippen LogP contribution in [0.5, 0.6) is 0 Å². The Bertz CT molecular complexity index is 410. The van der Waals surface area contributed by atoms with Crippen LogP contribution in [0.4, 0.5) is 5.69 Å². The van der Waals surface area contributed by atoms with Crippen molar-refractivity contribution < 1.29 is 0 Å². The number of rotatable bonds is 7. The fourth-order valence-electron chi connectivity index (χ4n) is 2.01. The topological polar surface area (TPSA) is 28.2 Å². The van der Waals surface area contributed by atoms with Gasteiger partial charge < -0.3 is 10.2 Å². The molecule has 1 heterocycles. The average Bonchev–Trinajstić information content (AvgIpc) is 3.17. The maximum atomic E-state index is 4.42. The molecule has 1 saturated carbocycles. The van der Waals surface area contributed by atoms with E-state index < -0.39 is 0 Å². The van der Waals surface area contributed by atoms with Gasteiger partial charge >= 0.3 is 0 Å². The van der Waals surface area contributed by atoms with Crippen LogP contribution < -0.4 is 10.2 Å². The third kappa shape index (κ3) is 3.84. The molecule has 3 nitrogen and oxygen atoms in total. The van der Waals surface area contributed by atoms with Crippen molar-refractivity contribution in [1.82, 2.24) is 10.3 Å². The van der Waals surface area contributed by atoms with Crippen LogP contribution in [0.3, 0.4) is 0 Å². The Balaban J connectivity index is 2.01. The van der Waals surface area contributed by atoms with Gasteiger partial charge in [0.15, 0.2) is 0 Å². The lowest BCUT2D eigenvalue weighted by Crippen LogP contribution is -2.25. The summed E-state index contributed by atoms with van der Waals surface area (Å²) in [6.07, 6.45) is 4.53. The molecule has 0 bridgehead atoms. The molecule has 0 unspecified atom stereocenters. The van der Waals surface area contributed by atoms with Crippen LogP contribution in [-0.2, 0) is 6.54 Å². The molecule has 0 saturated heterocycles. The van der Waals surface area contributed by atoms with E-state index in [4.69, 9.17) is 0 Å².